The summed E-state index contributed by atoms with van der Waals surface area (Å²) in [6, 6.07) is 14.6. The summed E-state index contributed by atoms with van der Waals surface area (Å²) in [6.45, 7) is 1.52. The van der Waals surface area contributed by atoms with Crippen LogP contribution in [0, 0.1) is 0 Å². The molecule has 2 aromatic carbocycles. The Morgan fingerprint density at radius 1 is 0.968 bits per heavy atom. The van der Waals surface area contributed by atoms with Crippen molar-refractivity contribution in [3.8, 4) is 11.5 Å². The standard InChI is InChI=1S/C24H30ClN3O2S/c1-29-21-14-13-19(15-20(21)25)28-17-27(18-9-5-3-4-6-10-18)16-26-24(28)31-23-12-8-7-11-22(23)30-2/h7-8,11-15,18H,3-6,9-10,16-17H2,1-2H3. The van der Waals surface area contributed by atoms with Crippen LogP contribution in [0.1, 0.15) is 38.5 Å². The van der Waals surface area contributed by atoms with Gasteiger partial charge in [-0.3, -0.25) is 4.90 Å². The fourth-order valence-corrected chi connectivity index (χ4v) is 5.52. The quantitative estimate of drug-likeness (QED) is 0.493. The van der Waals surface area contributed by atoms with Gasteiger partial charge in [0.25, 0.3) is 0 Å². The highest BCUT2D eigenvalue weighted by Gasteiger charge is 2.29. The number of halogens is 1. The van der Waals surface area contributed by atoms with Gasteiger partial charge in [0.05, 0.1) is 37.5 Å². The maximum absolute atomic E-state index is 6.48. The van der Waals surface area contributed by atoms with Crippen molar-refractivity contribution >= 4 is 34.2 Å². The van der Waals surface area contributed by atoms with Crippen LogP contribution < -0.4 is 14.4 Å². The lowest BCUT2D eigenvalue weighted by Crippen LogP contribution is -2.49. The second kappa shape index (κ2) is 10.6. The van der Waals surface area contributed by atoms with Crippen molar-refractivity contribution in [1.29, 1.82) is 0 Å². The predicted molar refractivity (Wildman–Crippen MR) is 130 cm³/mol. The molecule has 31 heavy (non-hydrogen) atoms. The van der Waals surface area contributed by atoms with E-state index >= 15 is 0 Å². The molecule has 7 heteroatoms. The summed E-state index contributed by atoms with van der Waals surface area (Å²) >= 11 is 8.12. The van der Waals surface area contributed by atoms with Crippen molar-refractivity contribution in [3.05, 3.63) is 47.5 Å². The molecule has 1 heterocycles. The van der Waals surface area contributed by atoms with Crippen LogP contribution in [0.15, 0.2) is 52.4 Å². The Bertz CT molecular complexity index is 915. The lowest BCUT2D eigenvalue weighted by molar-refractivity contribution is 0.184. The zero-order valence-corrected chi connectivity index (χ0v) is 19.8. The fourth-order valence-electron chi connectivity index (χ4n) is 4.28. The number of hydrogen-bond acceptors (Lipinski definition) is 6. The third-order valence-corrected chi connectivity index (χ3v) is 7.38. The van der Waals surface area contributed by atoms with Gasteiger partial charge < -0.3 is 14.4 Å². The maximum Gasteiger partial charge on any atom is 0.171 e. The molecule has 4 rings (SSSR count). The summed E-state index contributed by atoms with van der Waals surface area (Å²) < 4.78 is 10.9. The Hall–Kier alpha value is -1.89. The number of methoxy groups -OCH3 is 2. The van der Waals surface area contributed by atoms with Crippen LogP contribution in [0.3, 0.4) is 0 Å². The molecule has 0 aromatic heterocycles. The van der Waals surface area contributed by atoms with Crippen molar-refractivity contribution in [2.24, 2.45) is 4.99 Å². The number of ether oxygens (including phenoxy) is 2. The van der Waals surface area contributed by atoms with E-state index in [1.807, 2.05) is 30.3 Å². The van der Waals surface area contributed by atoms with Gasteiger partial charge in [0, 0.05) is 11.7 Å². The Morgan fingerprint density at radius 2 is 1.71 bits per heavy atom. The number of rotatable bonds is 5. The molecular weight excluding hydrogens is 430 g/mol. The molecule has 1 aliphatic carbocycles. The van der Waals surface area contributed by atoms with Gasteiger partial charge in [0.2, 0.25) is 0 Å². The molecule has 0 unspecified atom stereocenters. The molecule has 0 radical (unpaired) electrons. The Labute approximate surface area is 194 Å². The molecule has 5 nitrogen and oxygen atoms in total. The Balaban J connectivity index is 1.64. The minimum Gasteiger partial charge on any atom is -0.496 e. The van der Waals surface area contributed by atoms with Gasteiger partial charge in [-0.15, -0.1) is 0 Å². The van der Waals surface area contributed by atoms with Crippen LogP contribution in [0.4, 0.5) is 5.69 Å². The first-order valence-electron chi connectivity index (χ1n) is 10.9. The third-order valence-electron chi connectivity index (χ3n) is 6.00. The minimum atomic E-state index is 0.584. The largest absolute Gasteiger partial charge is 0.496 e. The molecule has 0 amide bonds. The first-order chi connectivity index (χ1) is 15.2. The van der Waals surface area contributed by atoms with Crippen molar-refractivity contribution < 1.29 is 9.47 Å². The molecule has 0 spiro atoms. The van der Waals surface area contributed by atoms with Crippen molar-refractivity contribution in [3.63, 3.8) is 0 Å². The number of aliphatic imine (C=N–C) groups is 1. The van der Waals surface area contributed by atoms with Crippen LogP contribution in [-0.4, -0.2) is 43.7 Å². The first-order valence-corrected chi connectivity index (χ1v) is 12.1. The van der Waals surface area contributed by atoms with Gasteiger partial charge in [-0.1, -0.05) is 49.4 Å². The van der Waals surface area contributed by atoms with Crippen molar-refractivity contribution in [1.82, 2.24) is 4.90 Å². The normalized spacial score (nSPS) is 18.4. The van der Waals surface area contributed by atoms with Crippen molar-refractivity contribution in [2.45, 2.75) is 49.5 Å². The van der Waals surface area contributed by atoms with Gasteiger partial charge in [-0.2, -0.15) is 0 Å². The van der Waals surface area contributed by atoms with Crippen LogP contribution >= 0.6 is 23.4 Å². The number of hydrogen-bond donors (Lipinski definition) is 0. The second-order valence-electron chi connectivity index (χ2n) is 7.96. The molecule has 166 valence electrons. The molecule has 2 aromatic rings. The SMILES string of the molecule is COc1ccc(N2CN(C3CCCCCC3)CN=C2Sc2ccccc2OC)cc1Cl. The molecule has 1 fully saturated rings. The number of amidine groups is 1. The average Bonchev–Trinajstić information content (AvgIpc) is 3.09. The second-order valence-corrected chi connectivity index (χ2v) is 9.37. The summed E-state index contributed by atoms with van der Waals surface area (Å²) in [5.74, 6) is 1.54. The summed E-state index contributed by atoms with van der Waals surface area (Å²) in [5, 5.41) is 1.56. The molecule has 1 aliphatic heterocycles. The van der Waals surface area contributed by atoms with Crippen LogP contribution in [0.2, 0.25) is 5.02 Å². The van der Waals surface area contributed by atoms with Crippen LogP contribution in [0.25, 0.3) is 0 Å². The highest BCUT2D eigenvalue weighted by Crippen LogP contribution is 2.36. The topological polar surface area (TPSA) is 37.3 Å². The highest BCUT2D eigenvalue weighted by atomic mass is 35.5. The zero-order valence-electron chi connectivity index (χ0n) is 18.2. The number of benzene rings is 2. The highest BCUT2D eigenvalue weighted by molar-refractivity contribution is 8.14. The van der Waals surface area contributed by atoms with E-state index in [1.54, 1.807) is 26.0 Å². The van der Waals surface area contributed by atoms with E-state index in [1.165, 1.54) is 38.5 Å². The molecule has 0 bridgehead atoms. The lowest BCUT2D eigenvalue weighted by atomic mass is 10.1. The average molecular weight is 460 g/mol. The van der Waals surface area contributed by atoms with E-state index < -0.39 is 0 Å². The lowest BCUT2D eigenvalue weighted by Gasteiger charge is -2.39. The molecular formula is C24H30ClN3O2S. The van der Waals surface area contributed by atoms with E-state index in [0.29, 0.717) is 16.8 Å². The molecule has 0 atom stereocenters. The molecule has 0 saturated heterocycles. The van der Waals surface area contributed by atoms with Gasteiger partial charge in [0.1, 0.15) is 11.5 Å². The first kappa shape index (κ1) is 22.3. The van der Waals surface area contributed by atoms with E-state index in [9.17, 15) is 0 Å². The maximum atomic E-state index is 6.48. The molecule has 2 aliphatic rings. The zero-order chi connectivity index (χ0) is 21.6. The fraction of sp³-hybridized carbons (Fsp3) is 0.458. The smallest absolute Gasteiger partial charge is 0.171 e. The number of anilines is 1. The van der Waals surface area contributed by atoms with E-state index in [-0.39, 0.29) is 0 Å². The number of thioether (sulfide) groups is 1. The van der Waals surface area contributed by atoms with E-state index in [4.69, 9.17) is 26.1 Å². The number of para-hydroxylation sites is 1. The molecule has 0 N–H and O–H groups in total. The van der Waals surface area contributed by atoms with Gasteiger partial charge in [-0.25, -0.2) is 4.99 Å². The monoisotopic (exact) mass is 459 g/mol. The summed E-state index contributed by atoms with van der Waals surface area (Å²) in [6.07, 6.45) is 7.81. The predicted octanol–water partition coefficient (Wildman–Crippen LogP) is 6.27. The van der Waals surface area contributed by atoms with Gasteiger partial charge in [-0.05, 0) is 54.9 Å². The summed E-state index contributed by atoms with van der Waals surface area (Å²) in [5.41, 5.74) is 1.02. The summed E-state index contributed by atoms with van der Waals surface area (Å²) in [7, 11) is 3.34. The van der Waals surface area contributed by atoms with Crippen LogP contribution in [0.5, 0.6) is 11.5 Å². The minimum absolute atomic E-state index is 0.584. The molecule has 1 saturated carbocycles. The Kier molecular flexibility index (Phi) is 7.64. The van der Waals surface area contributed by atoms with Crippen LogP contribution in [-0.2, 0) is 0 Å². The van der Waals surface area contributed by atoms with Crippen molar-refractivity contribution in [2.75, 3.05) is 32.5 Å². The number of nitrogens with zero attached hydrogens (tertiary/aromatic N) is 3. The third kappa shape index (κ3) is 5.30. The van der Waals surface area contributed by atoms with E-state index in [2.05, 4.69) is 21.9 Å². The Morgan fingerprint density at radius 3 is 2.42 bits per heavy atom. The van der Waals surface area contributed by atoms with Gasteiger partial charge >= 0.3 is 0 Å². The van der Waals surface area contributed by atoms with Gasteiger partial charge in [0.15, 0.2) is 5.17 Å². The summed E-state index contributed by atoms with van der Waals surface area (Å²) in [4.78, 5) is 10.8. The van der Waals surface area contributed by atoms with E-state index in [0.717, 1.165) is 34.8 Å².